The third-order valence-corrected chi connectivity index (χ3v) is 4.71. The van der Waals surface area contributed by atoms with E-state index in [0.717, 1.165) is 16.3 Å². The Hall–Kier alpha value is -1.39. The fourth-order valence-corrected chi connectivity index (χ4v) is 3.13. The third kappa shape index (κ3) is 5.48. The summed E-state index contributed by atoms with van der Waals surface area (Å²) in [5.41, 5.74) is 2.12. The van der Waals surface area contributed by atoms with Crippen molar-refractivity contribution in [3.8, 4) is 0 Å². The van der Waals surface area contributed by atoms with Crippen molar-refractivity contribution in [1.29, 1.82) is 0 Å². The molecule has 0 fully saturated rings. The fraction of sp³-hybridized carbons (Fsp3) is 0.235. The van der Waals surface area contributed by atoms with Gasteiger partial charge in [0.2, 0.25) is 5.91 Å². The number of aryl methyl sites for hydroxylation is 1. The van der Waals surface area contributed by atoms with Gasteiger partial charge in [-0.3, -0.25) is 4.79 Å². The van der Waals surface area contributed by atoms with Gasteiger partial charge in [0.15, 0.2) is 0 Å². The molecule has 0 aliphatic heterocycles. The average molecular weight is 317 g/mol. The van der Waals surface area contributed by atoms with Crippen LogP contribution in [0.3, 0.4) is 0 Å². The number of carbonyl (C=O) groups is 1. The van der Waals surface area contributed by atoms with Gasteiger partial charge >= 0.3 is 0 Å². The molecule has 2 aromatic rings. The van der Waals surface area contributed by atoms with Crippen molar-refractivity contribution < 1.29 is 4.79 Å². The average Bonchev–Trinajstić information content (AvgIpc) is 2.49. The largest absolute Gasteiger partial charge is 0.326 e. The minimum atomic E-state index is 0.0628. The Morgan fingerprint density at radius 2 is 1.86 bits per heavy atom. The number of hydrogen-bond acceptors (Lipinski definition) is 3. The molecular formula is C17H19NOS2. The van der Waals surface area contributed by atoms with E-state index in [1.807, 2.05) is 30.5 Å². The zero-order valence-electron chi connectivity index (χ0n) is 12.3. The van der Waals surface area contributed by atoms with Crippen LogP contribution in [0.2, 0.25) is 0 Å². The molecule has 0 heterocycles. The molecule has 0 aliphatic rings. The monoisotopic (exact) mass is 317 g/mol. The lowest BCUT2D eigenvalue weighted by Crippen LogP contribution is -2.12. The Bertz CT molecular complexity index is 596. The lowest BCUT2D eigenvalue weighted by atomic mass is 10.2. The predicted molar refractivity (Wildman–Crippen MR) is 93.4 cm³/mol. The lowest BCUT2D eigenvalue weighted by Gasteiger charge is -2.06. The van der Waals surface area contributed by atoms with Crippen LogP contribution in [-0.4, -0.2) is 17.9 Å². The van der Waals surface area contributed by atoms with Gasteiger partial charge in [0.1, 0.15) is 0 Å². The van der Waals surface area contributed by atoms with Crippen molar-refractivity contribution in [2.45, 2.75) is 23.1 Å². The van der Waals surface area contributed by atoms with Crippen molar-refractivity contribution in [3.63, 3.8) is 0 Å². The zero-order chi connectivity index (χ0) is 15.1. The SMILES string of the molecule is CSc1cccc(NC(=O)CCSc2ccc(C)cc2)c1. The summed E-state index contributed by atoms with van der Waals surface area (Å²) in [4.78, 5) is 14.3. The highest BCUT2D eigenvalue weighted by Crippen LogP contribution is 2.21. The van der Waals surface area contributed by atoms with Gasteiger partial charge in [-0.1, -0.05) is 23.8 Å². The molecule has 1 N–H and O–H groups in total. The molecule has 0 unspecified atom stereocenters. The summed E-state index contributed by atoms with van der Waals surface area (Å²) in [5.74, 6) is 0.852. The number of rotatable bonds is 6. The summed E-state index contributed by atoms with van der Waals surface area (Å²) in [5, 5.41) is 2.95. The van der Waals surface area contributed by atoms with E-state index in [2.05, 4.69) is 36.5 Å². The molecule has 0 radical (unpaired) electrons. The topological polar surface area (TPSA) is 29.1 Å². The van der Waals surface area contributed by atoms with Gasteiger partial charge in [0.25, 0.3) is 0 Å². The number of thioether (sulfide) groups is 2. The number of amides is 1. The van der Waals surface area contributed by atoms with Crippen LogP contribution in [0.15, 0.2) is 58.3 Å². The van der Waals surface area contributed by atoms with Crippen LogP contribution in [0.1, 0.15) is 12.0 Å². The summed E-state index contributed by atoms with van der Waals surface area (Å²) in [6.45, 7) is 2.07. The standard InChI is InChI=1S/C17H19NOS2/c1-13-6-8-15(9-7-13)21-11-10-17(19)18-14-4-3-5-16(12-14)20-2/h3-9,12H,10-11H2,1-2H3,(H,18,19). The number of hydrogen-bond donors (Lipinski definition) is 1. The van der Waals surface area contributed by atoms with Crippen molar-refractivity contribution in [2.75, 3.05) is 17.3 Å². The maximum Gasteiger partial charge on any atom is 0.225 e. The van der Waals surface area contributed by atoms with Gasteiger partial charge in [0.05, 0.1) is 0 Å². The highest BCUT2D eigenvalue weighted by atomic mass is 32.2. The Balaban J connectivity index is 1.78. The first-order valence-corrected chi connectivity index (χ1v) is 9.02. The molecule has 2 nitrogen and oxygen atoms in total. The number of benzene rings is 2. The second-order valence-electron chi connectivity index (χ2n) is 4.69. The molecule has 0 aliphatic carbocycles. The maximum atomic E-state index is 11.9. The molecule has 0 spiro atoms. The quantitative estimate of drug-likeness (QED) is 0.773. The smallest absolute Gasteiger partial charge is 0.225 e. The van der Waals surface area contributed by atoms with Crippen LogP contribution >= 0.6 is 23.5 Å². The van der Waals surface area contributed by atoms with Crippen LogP contribution < -0.4 is 5.32 Å². The van der Waals surface area contributed by atoms with E-state index in [-0.39, 0.29) is 5.91 Å². The minimum Gasteiger partial charge on any atom is -0.326 e. The molecule has 0 saturated heterocycles. The van der Waals surface area contributed by atoms with E-state index in [4.69, 9.17) is 0 Å². The number of carbonyl (C=O) groups excluding carboxylic acids is 1. The summed E-state index contributed by atoms with van der Waals surface area (Å²) in [6.07, 6.45) is 2.54. The Morgan fingerprint density at radius 1 is 1.10 bits per heavy atom. The van der Waals surface area contributed by atoms with E-state index in [0.29, 0.717) is 6.42 Å². The van der Waals surface area contributed by atoms with Gasteiger partial charge in [0, 0.05) is 27.7 Å². The van der Waals surface area contributed by atoms with Gasteiger partial charge in [-0.05, 0) is 43.5 Å². The Labute approximate surface area is 134 Å². The van der Waals surface area contributed by atoms with E-state index in [1.165, 1.54) is 10.5 Å². The molecule has 2 rings (SSSR count). The third-order valence-electron chi connectivity index (χ3n) is 2.97. The molecular weight excluding hydrogens is 298 g/mol. The highest BCUT2D eigenvalue weighted by molar-refractivity contribution is 7.99. The van der Waals surface area contributed by atoms with Crippen LogP contribution in [0.25, 0.3) is 0 Å². The van der Waals surface area contributed by atoms with E-state index < -0.39 is 0 Å². The number of anilines is 1. The zero-order valence-corrected chi connectivity index (χ0v) is 13.9. The molecule has 1 amide bonds. The second-order valence-corrected chi connectivity index (χ2v) is 6.74. The minimum absolute atomic E-state index is 0.0628. The summed E-state index contributed by atoms with van der Waals surface area (Å²) in [6, 6.07) is 16.3. The first-order valence-electron chi connectivity index (χ1n) is 6.81. The Morgan fingerprint density at radius 3 is 2.57 bits per heavy atom. The fourth-order valence-electron chi connectivity index (χ4n) is 1.82. The predicted octanol–water partition coefficient (Wildman–Crippen LogP) is 4.84. The van der Waals surface area contributed by atoms with Crippen LogP contribution in [0.4, 0.5) is 5.69 Å². The highest BCUT2D eigenvalue weighted by Gasteiger charge is 2.03. The van der Waals surface area contributed by atoms with Crippen LogP contribution in [-0.2, 0) is 4.79 Å². The van der Waals surface area contributed by atoms with Crippen LogP contribution in [0, 0.1) is 6.92 Å². The van der Waals surface area contributed by atoms with Gasteiger partial charge < -0.3 is 5.32 Å². The first-order chi connectivity index (χ1) is 10.2. The molecule has 0 aromatic heterocycles. The van der Waals surface area contributed by atoms with Gasteiger partial charge in [-0.25, -0.2) is 0 Å². The second kappa shape index (κ2) is 8.15. The van der Waals surface area contributed by atoms with E-state index >= 15 is 0 Å². The first kappa shape index (κ1) is 16.0. The van der Waals surface area contributed by atoms with Gasteiger partial charge in [-0.2, -0.15) is 0 Å². The summed E-state index contributed by atoms with van der Waals surface area (Å²) >= 11 is 3.38. The summed E-state index contributed by atoms with van der Waals surface area (Å²) < 4.78 is 0. The van der Waals surface area contributed by atoms with E-state index in [9.17, 15) is 4.79 Å². The van der Waals surface area contributed by atoms with Crippen LogP contribution in [0.5, 0.6) is 0 Å². The van der Waals surface area contributed by atoms with E-state index in [1.54, 1.807) is 23.5 Å². The van der Waals surface area contributed by atoms with Gasteiger partial charge in [-0.15, -0.1) is 23.5 Å². The Kier molecular flexibility index (Phi) is 6.21. The normalized spacial score (nSPS) is 10.4. The van der Waals surface area contributed by atoms with Crippen molar-refractivity contribution in [3.05, 3.63) is 54.1 Å². The van der Waals surface area contributed by atoms with Crippen molar-refractivity contribution >= 4 is 35.1 Å². The van der Waals surface area contributed by atoms with Crippen molar-refractivity contribution in [1.82, 2.24) is 0 Å². The molecule has 110 valence electrons. The summed E-state index contributed by atoms with van der Waals surface area (Å²) in [7, 11) is 0. The number of nitrogens with one attached hydrogen (secondary N) is 1. The van der Waals surface area contributed by atoms with Crippen molar-refractivity contribution in [2.24, 2.45) is 0 Å². The molecule has 0 saturated carbocycles. The molecule has 4 heteroatoms. The maximum absolute atomic E-state index is 11.9. The molecule has 21 heavy (non-hydrogen) atoms. The lowest BCUT2D eigenvalue weighted by molar-refractivity contribution is -0.115. The molecule has 0 atom stereocenters. The molecule has 0 bridgehead atoms. The molecule has 2 aromatic carbocycles.